The average Bonchev–Trinajstić information content (AvgIpc) is 3.39. The third-order valence-electron chi connectivity index (χ3n) is 6.42. The van der Waals surface area contributed by atoms with Crippen molar-refractivity contribution < 1.29 is 9.18 Å². The summed E-state index contributed by atoms with van der Waals surface area (Å²) in [4.78, 5) is 20.3. The Labute approximate surface area is 198 Å². The zero-order chi connectivity index (χ0) is 23.3. The summed E-state index contributed by atoms with van der Waals surface area (Å²) in [6.45, 7) is 1.93. The van der Waals surface area contributed by atoms with Crippen LogP contribution in [0.2, 0.25) is 0 Å². The molecule has 0 saturated carbocycles. The van der Waals surface area contributed by atoms with Crippen molar-refractivity contribution >= 4 is 5.91 Å². The minimum Gasteiger partial charge on any atom is -0.338 e. The Hall–Kier alpha value is -3.80. The van der Waals surface area contributed by atoms with Gasteiger partial charge in [0.25, 0.3) is 5.91 Å². The minimum atomic E-state index is -0.210. The van der Waals surface area contributed by atoms with Gasteiger partial charge in [0.15, 0.2) is 0 Å². The number of carbonyl (C=O) groups excluding carboxylic acids is 1. The number of hydrogen-bond donors (Lipinski definition) is 0. The Balaban J connectivity index is 1.32. The second-order valence-electron chi connectivity index (χ2n) is 8.77. The van der Waals surface area contributed by atoms with E-state index in [0.29, 0.717) is 25.1 Å². The molecule has 0 radical (unpaired) electrons. The van der Waals surface area contributed by atoms with Gasteiger partial charge in [-0.05, 0) is 54.3 Å². The maximum absolute atomic E-state index is 14.1. The molecule has 0 bridgehead atoms. The summed E-state index contributed by atoms with van der Waals surface area (Å²) < 4.78 is 15.9. The lowest BCUT2D eigenvalue weighted by molar-refractivity contribution is 0.0704. The topological polar surface area (TPSA) is 51.0 Å². The van der Waals surface area contributed by atoms with Crippen LogP contribution in [0, 0.1) is 5.82 Å². The molecule has 1 atom stereocenters. The van der Waals surface area contributed by atoms with Crippen LogP contribution in [0.4, 0.5) is 4.39 Å². The average molecular weight is 455 g/mol. The third kappa shape index (κ3) is 4.91. The zero-order valence-corrected chi connectivity index (χ0v) is 19.0. The Morgan fingerprint density at radius 1 is 0.971 bits per heavy atom. The van der Waals surface area contributed by atoms with Gasteiger partial charge in [-0.3, -0.25) is 14.5 Å². The van der Waals surface area contributed by atoms with E-state index in [1.807, 2.05) is 70.4 Å². The Kier molecular flexibility index (Phi) is 6.47. The van der Waals surface area contributed by atoms with Gasteiger partial charge in [0.05, 0.1) is 6.54 Å². The fourth-order valence-electron chi connectivity index (χ4n) is 4.67. The molecule has 1 fully saturated rings. The lowest BCUT2D eigenvalue weighted by atomic mass is 9.93. The van der Waals surface area contributed by atoms with E-state index in [0.717, 1.165) is 41.9 Å². The van der Waals surface area contributed by atoms with E-state index in [1.54, 1.807) is 18.3 Å². The summed E-state index contributed by atoms with van der Waals surface area (Å²) in [5.41, 5.74) is 4.14. The van der Waals surface area contributed by atoms with Crippen LogP contribution in [0.25, 0.3) is 0 Å². The number of pyridine rings is 1. The SMILES string of the molecule is O=C(c1ccccc1Cn1cccn1)N1CCC[C@H](c2cccc(Cc3ccccc3F)n2)C1. The molecular formula is C28H27FN4O. The largest absolute Gasteiger partial charge is 0.338 e. The summed E-state index contributed by atoms with van der Waals surface area (Å²) in [7, 11) is 0. The van der Waals surface area contributed by atoms with E-state index in [9.17, 15) is 9.18 Å². The number of halogens is 1. The number of likely N-dealkylation sites (tertiary alicyclic amines) is 1. The highest BCUT2D eigenvalue weighted by Crippen LogP contribution is 2.28. The number of aromatic nitrogens is 3. The van der Waals surface area contributed by atoms with Crippen molar-refractivity contribution in [1.82, 2.24) is 19.7 Å². The molecule has 4 aromatic rings. The number of amides is 1. The van der Waals surface area contributed by atoms with Crippen molar-refractivity contribution in [3.8, 4) is 0 Å². The lowest BCUT2D eigenvalue weighted by Crippen LogP contribution is -2.39. The molecule has 1 amide bonds. The normalized spacial score (nSPS) is 15.9. The van der Waals surface area contributed by atoms with E-state index in [2.05, 4.69) is 5.10 Å². The van der Waals surface area contributed by atoms with Gasteiger partial charge in [0, 0.05) is 54.8 Å². The predicted molar refractivity (Wildman–Crippen MR) is 129 cm³/mol. The number of piperidine rings is 1. The molecule has 2 aromatic carbocycles. The second kappa shape index (κ2) is 10.00. The lowest BCUT2D eigenvalue weighted by Gasteiger charge is -2.33. The molecule has 0 N–H and O–H groups in total. The van der Waals surface area contributed by atoms with Crippen LogP contribution in [0.3, 0.4) is 0 Å². The van der Waals surface area contributed by atoms with E-state index in [4.69, 9.17) is 4.98 Å². The molecule has 0 unspecified atom stereocenters. The molecule has 1 aliphatic heterocycles. The fourth-order valence-corrected chi connectivity index (χ4v) is 4.67. The summed E-state index contributed by atoms with van der Waals surface area (Å²) in [6, 6.07) is 22.4. The van der Waals surface area contributed by atoms with Gasteiger partial charge in [0.2, 0.25) is 0 Å². The number of benzene rings is 2. The molecule has 2 aromatic heterocycles. The van der Waals surface area contributed by atoms with Gasteiger partial charge in [-0.15, -0.1) is 0 Å². The fraction of sp³-hybridized carbons (Fsp3) is 0.250. The van der Waals surface area contributed by atoms with E-state index < -0.39 is 0 Å². The Morgan fingerprint density at radius 2 is 1.79 bits per heavy atom. The Bertz CT molecular complexity index is 1270. The first kappa shape index (κ1) is 22.0. The molecule has 5 nitrogen and oxygen atoms in total. The Morgan fingerprint density at radius 3 is 2.62 bits per heavy atom. The smallest absolute Gasteiger partial charge is 0.254 e. The highest BCUT2D eigenvalue weighted by molar-refractivity contribution is 5.95. The van der Waals surface area contributed by atoms with Crippen molar-refractivity contribution in [3.63, 3.8) is 0 Å². The van der Waals surface area contributed by atoms with Crippen LogP contribution in [0.5, 0.6) is 0 Å². The third-order valence-corrected chi connectivity index (χ3v) is 6.42. The highest BCUT2D eigenvalue weighted by Gasteiger charge is 2.27. The van der Waals surface area contributed by atoms with Crippen molar-refractivity contribution in [2.45, 2.75) is 31.7 Å². The quantitative estimate of drug-likeness (QED) is 0.408. The number of rotatable bonds is 6. The minimum absolute atomic E-state index is 0.0509. The van der Waals surface area contributed by atoms with E-state index in [1.165, 1.54) is 6.07 Å². The number of carbonyl (C=O) groups is 1. The first-order chi connectivity index (χ1) is 16.7. The van der Waals surface area contributed by atoms with Gasteiger partial charge in [-0.25, -0.2) is 4.39 Å². The second-order valence-corrected chi connectivity index (χ2v) is 8.77. The molecule has 172 valence electrons. The van der Waals surface area contributed by atoms with Crippen LogP contribution in [-0.4, -0.2) is 38.7 Å². The summed E-state index contributed by atoms with van der Waals surface area (Å²) in [5, 5.41) is 4.28. The maximum Gasteiger partial charge on any atom is 0.254 e. The molecule has 1 aliphatic rings. The molecule has 0 aliphatic carbocycles. The number of hydrogen-bond acceptors (Lipinski definition) is 3. The molecule has 6 heteroatoms. The van der Waals surface area contributed by atoms with Crippen molar-refractivity contribution in [1.29, 1.82) is 0 Å². The van der Waals surface area contributed by atoms with Crippen molar-refractivity contribution in [3.05, 3.63) is 119 Å². The molecule has 5 rings (SSSR count). The standard InChI is InChI=1S/C28H27FN4O/c29-26-13-4-2-8-21(26)18-24-11-5-14-27(31-24)23-10-6-16-32(19-23)28(34)25-12-3-1-9-22(25)20-33-17-7-15-30-33/h1-5,7-9,11-15,17,23H,6,10,16,18-20H2/t23-/m0/s1. The van der Waals surface area contributed by atoms with Crippen molar-refractivity contribution in [2.24, 2.45) is 0 Å². The first-order valence-corrected chi connectivity index (χ1v) is 11.7. The maximum atomic E-state index is 14.1. The van der Waals surface area contributed by atoms with Crippen LogP contribution >= 0.6 is 0 Å². The van der Waals surface area contributed by atoms with E-state index in [-0.39, 0.29) is 17.6 Å². The molecule has 3 heterocycles. The van der Waals surface area contributed by atoms with Crippen LogP contribution in [0.15, 0.2) is 85.2 Å². The number of nitrogens with zero attached hydrogens (tertiary/aromatic N) is 4. The van der Waals surface area contributed by atoms with Gasteiger partial charge in [0.1, 0.15) is 5.82 Å². The first-order valence-electron chi connectivity index (χ1n) is 11.7. The van der Waals surface area contributed by atoms with E-state index >= 15 is 0 Å². The summed E-state index contributed by atoms with van der Waals surface area (Å²) in [5.74, 6) is 0.00411. The van der Waals surface area contributed by atoms with Crippen LogP contribution < -0.4 is 0 Å². The zero-order valence-electron chi connectivity index (χ0n) is 19.0. The van der Waals surface area contributed by atoms with Gasteiger partial charge in [-0.2, -0.15) is 5.10 Å². The molecule has 0 spiro atoms. The van der Waals surface area contributed by atoms with Gasteiger partial charge in [-0.1, -0.05) is 42.5 Å². The monoisotopic (exact) mass is 454 g/mol. The molecule has 1 saturated heterocycles. The van der Waals surface area contributed by atoms with Crippen LogP contribution in [-0.2, 0) is 13.0 Å². The highest BCUT2D eigenvalue weighted by atomic mass is 19.1. The molecular weight excluding hydrogens is 427 g/mol. The van der Waals surface area contributed by atoms with Crippen LogP contribution in [0.1, 0.15) is 51.6 Å². The van der Waals surface area contributed by atoms with Gasteiger partial charge >= 0.3 is 0 Å². The summed E-state index contributed by atoms with van der Waals surface area (Å²) in [6.07, 6.45) is 6.01. The summed E-state index contributed by atoms with van der Waals surface area (Å²) >= 11 is 0. The van der Waals surface area contributed by atoms with Gasteiger partial charge < -0.3 is 4.90 Å². The van der Waals surface area contributed by atoms with Crippen molar-refractivity contribution in [2.75, 3.05) is 13.1 Å². The molecule has 34 heavy (non-hydrogen) atoms. The predicted octanol–water partition coefficient (Wildman–Crippen LogP) is 5.08.